The molecule has 0 rings (SSSR count). The third-order valence-corrected chi connectivity index (χ3v) is 0.937. The van der Waals surface area contributed by atoms with E-state index in [1.165, 1.54) is 5.57 Å². The molecule has 2 N–H and O–H groups in total. The zero-order chi connectivity index (χ0) is 8.69. The van der Waals surface area contributed by atoms with Crippen LogP contribution in [0, 0.1) is 0 Å². The maximum Gasteiger partial charge on any atom is 0.135 e. The van der Waals surface area contributed by atoms with Gasteiger partial charge in [-0.1, -0.05) is 10.7 Å². The first kappa shape index (κ1) is 10.2. The molecule has 0 bridgehead atoms. The third kappa shape index (κ3) is 9.17. The van der Waals surface area contributed by atoms with E-state index in [9.17, 15) is 0 Å². The van der Waals surface area contributed by atoms with Gasteiger partial charge in [0.15, 0.2) is 0 Å². The standard InChI is InChI=1S/C8H16N2O/c1-7(2)4-5-11-10-6-8(3)9/h4,6,8H,5,9H2,1-3H3. The molecule has 1 unspecified atom stereocenters. The highest BCUT2D eigenvalue weighted by Crippen LogP contribution is 1.88. The van der Waals surface area contributed by atoms with Gasteiger partial charge in [-0.3, -0.25) is 0 Å². The summed E-state index contributed by atoms with van der Waals surface area (Å²) < 4.78 is 0. The zero-order valence-electron chi connectivity index (χ0n) is 7.37. The highest BCUT2D eigenvalue weighted by molar-refractivity contribution is 5.62. The highest BCUT2D eigenvalue weighted by atomic mass is 16.6. The van der Waals surface area contributed by atoms with Crippen molar-refractivity contribution in [2.24, 2.45) is 10.9 Å². The van der Waals surface area contributed by atoms with Crippen molar-refractivity contribution in [2.45, 2.75) is 26.8 Å². The summed E-state index contributed by atoms with van der Waals surface area (Å²) in [6.45, 7) is 6.39. The van der Waals surface area contributed by atoms with Gasteiger partial charge in [0.05, 0.1) is 6.21 Å². The lowest BCUT2D eigenvalue weighted by Gasteiger charge is -1.95. The number of nitrogens with two attached hydrogens (primary N) is 1. The van der Waals surface area contributed by atoms with Crippen LogP contribution in [0.5, 0.6) is 0 Å². The van der Waals surface area contributed by atoms with Gasteiger partial charge < -0.3 is 10.6 Å². The fraction of sp³-hybridized carbons (Fsp3) is 0.625. The summed E-state index contributed by atoms with van der Waals surface area (Å²) in [5, 5.41) is 3.65. The maximum absolute atomic E-state index is 5.39. The first-order chi connectivity index (χ1) is 5.13. The molecule has 0 heterocycles. The second-order valence-electron chi connectivity index (χ2n) is 2.69. The zero-order valence-corrected chi connectivity index (χ0v) is 7.37. The van der Waals surface area contributed by atoms with E-state index in [1.54, 1.807) is 6.21 Å². The van der Waals surface area contributed by atoms with Crippen molar-refractivity contribution in [3.63, 3.8) is 0 Å². The van der Waals surface area contributed by atoms with E-state index in [2.05, 4.69) is 5.16 Å². The number of hydrogen-bond acceptors (Lipinski definition) is 3. The number of hydrogen-bond donors (Lipinski definition) is 1. The molecule has 1 atom stereocenters. The minimum Gasteiger partial charge on any atom is -0.392 e. The summed E-state index contributed by atoms with van der Waals surface area (Å²) in [6.07, 6.45) is 3.53. The van der Waals surface area contributed by atoms with Crippen LogP contribution in [-0.4, -0.2) is 18.9 Å². The minimum atomic E-state index is -0.0401. The molecule has 0 fully saturated rings. The molecule has 0 saturated heterocycles. The Kier molecular flexibility index (Phi) is 5.47. The Morgan fingerprint density at radius 2 is 2.27 bits per heavy atom. The van der Waals surface area contributed by atoms with E-state index in [4.69, 9.17) is 10.6 Å². The fourth-order valence-corrected chi connectivity index (χ4v) is 0.386. The van der Waals surface area contributed by atoms with Crippen LogP contribution in [0.4, 0.5) is 0 Å². The minimum absolute atomic E-state index is 0.0401. The first-order valence-electron chi connectivity index (χ1n) is 3.67. The second kappa shape index (κ2) is 5.92. The van der Waals surface area contributed by atoms with Crippen molar-refractivity contribution < 1.29 is 4.84 Å². The lowest BCUT2D eigenvalue weighted by Crippen LogP contribution is -2.16. The van der Waals surface area contributed by atoms with Crippen LogP contribution in [0.3, 0.4) is 0 Å². The van der Waals surface area contributed by atoms with Gasteiger partial charge in [0.25, 0.3) is 0 Å². The molecule has 64 valence electrons. The largest absolute Gasteiger partial charge is 0.392 e. The molecule has 3 nitrogen and oxygen atoms in total. The van der Waals surface area contributed by atoms with Gasteiger partial charge in [0.1, 0.15) is 6.61 Å². The van der Waals surface area contributed by atoms with Crippen LogP contribution in [-0.2, 0) is 4.84 Å². The van der Waals surface area contributed by atoms with Crippen molar-refractivity contribution in [3.05, 3.63) is 11.6 Å². The summed E-state index contributed by atoms with van der Waals surface area (Å²) >= 11 is 0. The lowest BCUT2D eigenvalue weighted by atomic mass is 10.3. The summed E-state index contributed by atoms with van der Waals surface area (Å²) in [5.41, 5.74) is 6.61. The van der Waals surface area contributed by atoms with Gasteiger partial charge >= 0.3 is 0 Å². The van der Waals surface area contributed by atoms with E-state index in [-0.39, 0.29) is 6.04 Å². The average Bonchev–Trinajstić information content (AvgIpc) is 1.85. The molecule has 0 aromatic heterocycles. The summed E-state index contributed by atoms with van der Waals surface area (Å²) in [4.78, 5) is 4.87. The maximum atomic E-state index is 5.39. The van der Waals surface area contributed by atoms with E-state index in [0.717, 1.165) is 0 Å². The Balaban J connectivity index is 3.35. The first-order valence-corrected chi connectivity index (χ1v) is 3.67. The Labute approximate surface area is 67.9 Å². The van der Waals surface area contributed by atoms with Crippen molar-refractivity contribution >= 4 is 6.21 Å². The molecule has 0 radical (unpaired) electrons. The van der Waals surface area contributed by atoms with Gasteiger partial charge in [-0.15, -0.1) is 0 Å². The van der Waals surface area contributed by atoms with Crippen LogP contribution in [0.15, 0.2) is 16.8 Å². The van der Waals surface area contributed by atoms with Crippen molar-refractivity contribution in [2.75, 3.05) is 6.61 Å². The number of rotatable bonds is 4. The molecule has 11 heavy (non-hydrogen) atoms. The molecule has 0 spiro atoms. The number of nitrogens with zero attached hydrogens (tertiary/aromatic N) is 1. The smallest absolute Gasteiger partial charge is 0.135 e. The third-order valence-electron chi connectivity index (χ3n) is 0.937. The molecule has 0 aliphatic rings. The molecular formula is C8H16N2O. The van der Waals surface area contributed by atoms with Crippen molar-refractivity contribution in [1.82, 2.24) is 0 Å². The lowest BCUT2D eigenvalue weighted by molar-refractivity contribution is 0.175. The van der Waals surface area contributed by atoms with Crippen LogP contribution in [0.1, 0.15) is 20.8 Å². The molecule has 0 amide bonds. The number of oxime groups is 1. The van der Waals surface area contributed by atoms with Gasteiger partial charge in [-0.25, -0.2) is 0 Å². The van der Waals surface area contributed by atoms with Crippen molar-refractivity contribution in [3.8, 4) is 0 Å². The Hall–Kier alpha value is -0.830. The SMILES string of the molecule is CC(C)=CCON=CC(C)N. The van der Waals surface area contributed by atoms with Gasteiger partial charge in [0, 0.05) is 6.04 Å². The second-order valence-corrected chi connectivity index (χ2v) is 2.69. The predicted molar refractivity (Wildman–Crippen MR) is 47.5 cm³/mol. The highest BCUT2D eigenvalue weighted by Gasteiger charge is 1.83. The number of allylic oxidation sites excluding steroid dienone is 1. The fourth-order valence-electron chi connectivity index (χ4n) is 0.386. The Morgan fingerprint density at radius 1 is 1.64 bits per heavy atom. The molecule has 0 aromatic carbocycles. The van der Waals surface area contributed by atoms with E-state index in [0.29, 0.717) is 6.61 Å². The normalized spacial score (nSPS) is 13.1. The average molecular weight is 156 g/mol. The molecule has 0 aliphatic carbocycles. The molecule has 0 saturated carbocycles. The van der Waals surface area contributed by atoms with E-state index in [1.807, 2.05) is 26.8 Å². The van der Waals surface area contributed by atoms with Gasteiger partial charge in [-0.2, -0.15) is 0 Å². The molecular weight excluding hydrogens is 140 g/mol. The predicted octanol–water partition coefficient (Wildman–Crippen LogP) is 1.30. The van der Waals surface area contributed by atoms with Crippen molar-refractivity contribution in [1.29, 1.82) is 0 Å². The summed E-state index contributed by atoms with van der Waals surface area (Å²) in [6, 6.07) is -0.0401. The summed E-state index contributed by atoms with van der Waals surface area (Å²) in [7, 11) is 0. The van der Waals surface area contributed by atoms with Crippen LogP contribution in [0.2, 0.25) is 0 Å². The summed E-state index contributed by atoms with van der Waals surface area (Å²) in [5.74, 6) is 0. The van der Waals surface area contributed by atoms with Crippen LogP contribution >= 0.6 is 0 Å². The molecule has 0 aromatic rings. The Morgan fingerprint density at radius 3 is 2.73 bits per heavy atom. The Bertz CT molecular complexity index is 146. The van der Waals surface area contributed by atoms with E-state index < -0.39 is 0 Å². The van der Waals surface area contributed by atoms with Gasteiger partial charge in [-0.05, 0) is 26.8 Å². The van der Waals surface area contributed by atoms with Gasteiger partial charge in [0.2, 0.25) is 0 Å². The van der Waals surface area contributed by atoms with E-state index >= 15 is 0 Å². The van der Waals surface area contributed by atoms with Crippen LogP contribution < -0.4 is 5.73 Å². The molecule has 0 aliphatic heterocycles. The molecule has 3 heteroatoms. The van der Waals surface area contributed by atoms with Crippen LogP contribution in [0.25, 0.3) is 0 Å². The topological polar surface area (TPSA) is 47.6 Å². The monoisotopic (exact) mass is 156 g/mol. The quantitative estimate of drug-likeness (QED) is 0.288.